The highest BCUT2D eigenvalue weighted by Crippen LogP contribution is 2.49. The fourth-order valence-electron chi connectivity index (χ4n) is 4.01. The predicted molar refractivity (Wildman–Crippen MR) is 104 cm³/mol. The Bertz CT molecular complexity index is 777. The highest BCUT2D eigenvalue weighted by Gasteiger charge is 2.41. The van der Waals surface area contributed by atoms with Crippen molar-refractivity contribution in [2.45, 2.75) is 31.6 Å². The van der Waals surface area contributed by atoms with Crippen LogP contribution in [0, 0.1) is 5.41 Å². The molecule has 0 saturated heterocycles. The molecule has 26 heavy (non-hydrogen) atoms. The summed E-state index contributed by atoms with van der Waals surface area (Å²) in [5.41, 5.74) is 5.26. The summed E-state index contributed by atoms with van der Waals surface area (Å²) < 4.78 is 5.60. The summed E-state index contributed by atoms with van der Waals surface area (Å²) in [6.45, 7) is 4.87. The van der Waals surface area contributed by atoms with Crippen LogP contribution in [0.15, 0.2) is 61.2 Å². The lowest BCUT2D eigenvalue weighted by molar-refractivity contribution is 0.140. The van der Waals surface area contributed by atoms with Crippen molar-refractivity contribution < 1.29 is 9.53 Å². The number of hydrogen-bond acceptors (Lipinski definition) is 2. The number of fused-ring (bicyclic) bond motifs is 3. The van der Waals surface area contributed by atoms with Crippen LogP contribution < -0.4 is 5.32 Å². The number of benzene rings is 2. The summed E-state index contributed by atoms with van der Waals surface area (Å²) in [4.78, 5) is 12.2. The number of alkyl carbamates (subject to hydrolysis) is 1. The van der Waals surface area contributed by atoms with Crippen LogP contribution in [-0.4, -0.2) is 19.2 Å². The van der Waals surface area contributed by atoms with Gasteiger partial charge in [-0.15, -0.1) is 6.58 Å². The summed E-state index contributed by atoms with van der Waals surface area (Å²) in [6.07, 6.45) is 6.12. The van der Waals surface area contributed by atoms with Gasteiger partial charge in [0, 0.05) is 12.5 Å². The van der Waals surface area contributed by atoms with Gasteiger partial charge in [0.05, 0.1) is 0 Å². The van der Waals surface area contributed by atoms with Crippen molar-refractivity contribution >= 4 is 6.09 Å². The molecule has 2 aliphatic rings. The van der Waals surface area contributed by atoms with Gasteiger partial charge in [-0.05, 0) is 53.4 Å². The van der Waals surface area contributed by atoms with Crippen LogP contribution in [0.25, 0.3) is 11.1 Å². The number of carbonyl (C=O) groups is 1. The highest BCUT2D eigenvalue weighted by molar-refractivity contribution is 5.79. The van der Waals surface area contributed by atoms with E-state index in [-0.39, 0.29) is 17.4 Å². The van der Waals surface area contributed by atoms with Gasteiger partial charge in [-0.1, -0.05) is 54.6 Å². The minimum absolute atomic E-state index is 0.115. The second kappa shape index (κ2) is 6.99. The van der Waals surface area contributed by atoms with Crippen molar-refractivity contribution in [3.63, 3.8) is 0 Å². The maximum Gasteiger partial charge on any atom is 0.407 e. The summed E-state index contributed by atoms with van der Waals surface area (Å²) >= 11 is 0. The fourth-order valence-corrected chi connectivity index (χ4v) is 4.01. The van der Waals surface area contributed by atoms with E-state index >= 15 is 0 Å². The molecular weight excluding hydrogens is 322 g/mol. The SMILES string of the molecule is C=CCCC1(CNC(=O)OCC2c3ccccc3-c3ccccc32)CC1. The molecule has 3 heteroatoms. The zero-order valence-electron chi connectivity index (χ0n) is 15.0. The van der Waals surface area contributed by atoms with Gasteiger partial charge in [0.2, 0.25) is 0 Å². The van der Waals surface area contributed by atoms with Crippen LogP contribution in [0.4, 0.5) is 4.79 Å². The van der Waals surface area contributed by atoms with Gasteiger partial charge in [0.15, 0.2) is 0 Å². The van der Waals surface area contributed by atoms with E-state index in [1.807, 2.05) is 18.2 Å². The number of nitrogens with one attached hydrogen (secondary N) is 1. The van der Waals surface area contributed by atoms with Crippen LogP contribution in [0.2, 0.25) is 0 Å². The molecular formula is C23H25NO2. The molecule has 0 atom stereocenters. The Morgan fingerprint density at radius 2 is 1.73 bits per heavy atom. The molecule has 1 saturated carbocycles. The zero-order valence-corrected chi connectivity index (χ0v) is 15.0. The monoisotopic (exact) mass is 347 g/mol. The normalized spacial score (nSPS) is 16.5. The lowest BCUT2D eigenvalue weighted by atomic mass is 9.98. The molecule has 2 aliphatic carbocycles. The number of amides is 1. The summed E-state index contributed by atoms with van der Waals surface area (Å²) in [6, 6.07) is 16.8. The Labute approximate surface area is 155 Å². The van der Waals surface area contributed by atoms with Crippen LogP contribution in [0.1, 0.15) is 42.7 Å². The Morgan fingerprint density at radius 3 is 2.31 bits per heavy atom. The number of carbonyl (C=O) groups excluding carboxylic acids is 1. The van der Waals surface area contributed by atoms with Gasteiger partial charge in [0.25, 0.3) is 0 Å². The van der Waals surface area contributed by atoms with E-state index in [0.29, 0.717) is 13.2 Å². The van der Waals surface area contributed by atoms with E-state index in [4.69, 9.17) is 4.74 Å². The minimum atomic E-state index is -0.309. The van der Waals surface area contributed by atoms with E-state index < -0.39 is 0 Å². The molecule has 0 radical (unpaired) electrons. The van der Waals surface area contributed by atoms with Gasteiger partial charge < -0.3 is 10.1 Å². The minimum Gasteiger partial charge on any atom is -0.449 e. The molecule has 1 amide bonds. The third-order valence-electron chi connectivity index (χ3n) is 5.79. The van der Waals surface area contributed by atoms with Crippen LogP contribution in [0.5, 0.6) is 0 Å². The fraction of sp³-hybridized carbons (Fsp3) is 0.348. The van der Waals surface area contributed by atoms with E-state index in [1.165, 1.54) is 35.1 Å². The molecule has 0 spiro atoms. The number of allylic oxidation sites excluding steroid dienone is 1. The summed E-state index contributed by atoms with van der Waals surface area (Å²) in [7, 11) is 0. The number of hydrogen-bond donors (Lipinski definition) is 1. The first kappa shape index (κ1) is 16.9. The molecule has 0 heterocycles. The maximum absolute atomic E-state index is 12.2. The first-order valence-corrected chi connectivity index (χ1v) is 9.42. The highest BCUT2D eigenvalue weighted by atomic mass is 16.5. The molecule has 0 unspecified atom stereocenters. The molecule has 0 aliphatic heterocycles. The third-order valence-corrected chi connectivity index (χ3v) is 5.79. The van der Waals surface area contributed by atoms with Crippen molar-refractivity contribution in [2.75, 3.05) is 13.2 Å². The Hall–Kier alpha value is -2.55. The van der Waals surface area contributed by atoms with E-state index in [1.54, 1.807) is 0 Å². The average molecular weight is 347 g/mol. The molecule has 134 valence electrons. The Balaban J connectivity index is 1.37. The number of rotatable bonds is 7. The van der Waals surface area contributed by atoms with E-state index in [2.05, 4.69) is 48.3 Å². The molecule has 2 aromatic rings. The topological polar surface area (TPSA) is 38.3 Å². The molecule has 0 aromatic heterocycles. The first-order valence-electron chi connectivity index (χ1n) is 9.42. The molecule has 4 rings (SSSR count). The molecule has 3 nitrogen and oxygen atoms in total. The van der Waals surface area contributed by atoms with E-state index in [0.717, 1.165) is 12.8 Å². The smallest absolute Gasteiger partial charge is 0.407 e. The van der Waals surface area contributed by atoms with Gasteiger partial charge in [-0.25, -0.2) is 4.79 Å². The van der Waals surface area contributed by atoms with Crippen molar-refractivity contribution in [1.29, 1.82) is 0 Å². The van der Waals surface area contributed by atoms with Gasteiger partial charge >= 0.3 is 6.09 Å². The number of ether oxygens (including phenoxy) is 1. The second-order valence-electron chi connectivity index (χ2n) is 7.51. The Morgan fingerprint density at radius 1 is 1.12 bits per heavy atom. The molecule has 1 fully saturated rings. The van der Waals surface area contributed by atoms with Crippen molar-refractivity contribution in [2.24, 2.45) is 5.41 Å². The van der Waals surface area contributed by atoms with Crippen molar-refractivity contribution in [3.8, 4) is 11.1 Å². The Kier molecular flexibility index (Phi) is 4.54. The maximum atomic E-state index is 12.2. The lowest BCUT2D eigenvalue weighted by Gasteiger charge is -2.17. The predicted octanol–water partition coefficient (Wildman–Crippen LogP) is 5.27. The average Bonchev–Trinajstić information content (AvgIpc) is 3.39. The van der Waals surface area contributed by atoms with Crippen LogP contribution in [-0.2, 0) is 4.74 Å². The van der Waals surface area contributed by atoms with Crippen molar-refractivity contribution in [1.82, 2.24) is 5.32 Å². The molecule has 1 N–H and O–H groups in total. The zero-order chi connectivity index (χ0) is 18.0. The quantitative estimate of drug-likeness (QED) is 0.693. The molecule has 0 bridgehead atoms. The van der Waals surface area contributed by atoms with Crippen LogP contribution >= 0.6 is 0 Å². The first-order chi connectivity index (χ1) is 12.7. The van der Waals surface area contributed by atoms with Crippen LogP contribution in [0.3, 0.4) is 0 Å². The summed E-state index contributed by atoms with van der Waals surface area (Å²) in [5, 5.41) is 2.97. The van der Waals surface area contributed by atoms with Gasteiger partial charge in [-0.2, -0.15) is 0 Å². The lowest BCUT2D eigenvalue weighted by Crippen LogP contribution is -2.31. The van der Waals surface area contributed by atoms with Crippen molar-refractivity contribution in [3.05, 3.63) is 72.3 Å². The standard InChI is InChI=1S/C23H25NO2/c1-2-3-12-23(13-14-23)16-24-22(25)26-15-21-19-10-6-4-8-17(19)18-9-5-7-11-20(18)21/h2,4-11,21H,1,3,12-16H2,(H,24,25). The van der Waals surface area contributed by atoms with Gasteiger partial charge in [-0.3, -0.25) is 0 Å². The molecule has 2 aromatic carbocycles. The second-order valence-corrected chi connectivity index (χ2v) is 7.51. The summed E-state index contributed by atoms with van der Waals surface area (Å²) in [5.74, 6) is 0.115. The van der Waals surface area contributed by atoms with E-state index in [9.17, 15) is 4.79 Å². The third kappa shape index (κ3) is 3.26. The largest absolute Gasteiger partial charge is 0.449 e. The van der Waals surface area contributed by atoms with Gasteiger partial charge in [0.1, 0.15) is 6.61 Å².